The van der Waals surface area contributed by atoms with Crippen LogP contribution in [-0.2, 0) is 4.79 Å². The Balaban J connectivity index is 0. The number of nitrogens with one attached hydrogen (secondary N) is 1. The Morgan fingerprint density at radius 1 is 1.60 bits per heavy atom. The van der Waals surface area contributed by atoms with Gasteiger partial charge in [-0.3, -0.25) is 10.1 Å². The minimum Gasteiger partial charge on any atom is -0.412 e. The summed E-state index contributed by atoms with van der Waals surface area (Å²) >= 11 is 0. The highest BCUT2D eigenvalue weighted by Crippen LogP contribution is 1.76. The predicted octanol–water partition coefficient (Wildman–Crippen LogP) is -2.26. The van der Waals surface area contributed by atoms with Crippen molar-refractivity contribution in [3.05, 3.63) is 0 Å². The van der Waals surface area contributed by atoms with E-state index in [9.17, 15) is 9.59 Å². The van der Waals surface area contributed by atoms with Crippen LogP contribution >= 0.6 is 0 Å². The molecule has 0 aliphatic heterocycles. The van der Waals surface area contributed by atoms with Crippen molar-refractivity contribution >= 4 is 11.9 Å². The van der Waals surface area contributed by atoms with Crippen molar-refractivity contribution in [1.82, 2.24) is 5.32 Å². The maximum absolute atomic E-state index is 10.3. The molecule has 0 fully saturated rings. The SMILES string of the molecule is CC(O)C(=O)NC(N)=O.O. The summed E-state index contributed by atoms with van der Waals surface area (Å²) < 4.78 is 0. The zero-order valence-corrected chi connectivity index (χ0v) is 5.42. The maximum atomic E-state index is 10.3. The first-order valence-electron chi connectivity index (χ1n) is 2.32. The molecule has 6 N–H and O–H groups in total. The van der Waals surface area contributed by atoms with Gasteiger partial charge in [-0.25, -0.2) is 4.79 Å². The van der Waals surface area contributed by atoms with E-state index in [-0.39, 0.29) is 5.48 Å². The smallest absolute Gasteiger partial charge is 0.318 e. The molecule has 0 aromatic rings. The second kappa shape index (κ2) is 4.71. The third-order valence-corrected chi connectivity index (χ3v) is 0.626. The van der Waals surface area contributed by atoms with Gasteiger partial charge in [0.1, 0.15) is 6.10 Å². The summed E-state index contributed by atoms with van der Waals surface area (Å²) in [7, 11) is 0. The summed E-state index contributed by atoms with van der Waals surface area (Å²) in [6, 6.07) is -0.957. The molecule has 0 heterocycles. The fraction of sp³-hybridized carbons (Fsp3) is 0.500. The lowest BCUT2D eigenvalue weighted by atomic mass is 10.4. The van der Waals surface area contributed by atoms with Crippen LogP contribution in [0.5, 0.6) is 0 Å². The van der Waals surface area contributed by atoms with Crippen molar-refractivity contribution in [3.8, 4) is 0 Å². The van der Waals surface area contributed by atoms with Gasteiger partial charge in [-0.2, -0.15) is 0 Å². The Morgan fingerprint density at radius 2 is 2.00 bits per heavy atom. The van der Waals surface area contributed by atoms with Crippen LogP contribution in [0.1, 0.15) is 6.92 Å². The topological polar surface area (TPSA) is 124 Å². The molecule has 0 radical (unpaired) electrons. The second-order valence-corrected chi connectivity index (χ2v) is 1.53. The number of carbonyl (C=O) groups excluding carboxylic acids is 2. The molecular weight excluding hydrogens is 140 g/mol. The van der Waals surface area contributed by atoms with E-state index in [4.69, 9.17) is 5.11 Å². The first-order valence-corrected chi connectivity index (χ1v) is 2.32. The van der Waals surface area contributed by atoms with Crippen LogP contribution in [0, 0.1) is 0 Å². The predicted molar refractivity (Wildman–Crippen MR) is 33.0 cm³/mol. The summed E-state index contributed by atoms with van der Waals surface area (Å²) in [4.78, 5) is 20.2. The summed E-state index contributed by atoms with van der Waals surface area (Å²) in [5.74, 6) is -0.789. The van der Waals surface area contributed by atoms with Gasteiger partial charge in [-0.05, 0) is 6.92 Å². The Hall–Kier alpha value is -1.14. The first-order chi connectivity index (χ1) is 4.04. The van der Waals surface area contributed by atoms with Crippen molar-refractivity contribution in [2.24, 2.45) is 5.73 Å². The lowest BCUT2D eigenvalue weighted by Gasteiger charge is -2.00. The van der Waals surface area contributed by atoms with Gasteiger partial charge in [-0.15, -0.1) is 0 Å². The van der Waals surface area contributed by atoms with Crippen LogP contribution in [0.4, 0.5) is 4.79 Å². The monoisotopic (exact) mass is 150 g/mol. The molecule has 60 valence electrons. The van der Waals surface area contributed by atoms with Crippen molar-refractivity contribution in [2.75, 3.05) is 0 Å². The lowest BCUT2D eigenvalue weighted by Crippen LogP contribution is -2.40. The molecule has 0 bridgehead atoms. The van der Waals surface area contributed by atoms with E-state index in [0.29, 0.717) is 0 Å². The second-order valence-electron chi connectivity index (χ2n) is 1.53. The van der Waals surface area contributed by atoms with E-state index < -0.39 is 18.0 Å². The standard InChI is InChI=1S/C4H8N2O3.H2O/c1-2(7)3(8)6-4(5)9;/h2,7H,1H3,(H3,5,6,8,9);1H2. The maximum Gasteiger partial charge on any atom is 0.318 e. The zero-order chi connectivity index (χ0) is 7.44. The van der Waals surface area contributed by atoms with Gasteiger partial charge in [0, 0.05) is 0 Å². The third-order valence-electron chi connectivity index (χ3n) is 0.626. The van der Waals surface area contributed by atoms with Gasteiger partial charge >= 0.3 is 6.03 Å². The highest BCUT2D eigenvalue weighted by Gasteiger charge is 2.08. The van der Waals surface area contributed by atoms with E-state index in [0.717, 1.165) is 0 Å². The van der Waals surface area contributed by atoms with Gasteiger partial charge in [0.05, 0.1) is 0 Å². The molecule has 0 aromatic carbocycles. The Bertz CT molecular complexity index is 133. The third kappa shape index (κ3) is 5.01. The van der Waals surface area contributed by atoms with Crippen LogP contribution in [-0.4, -0.2) is 28.6 Å². The summed E-state index contributed by atoms with van der Waals surface area (Å²) in [6.07, 6.45) is -1.20. The van der Waals surface area contributed by atoms with Gasteiger partial charge in [0.15, 0.2) is 0 Å². The first kappa shape index (κ1) is 11.6. The molecule has 6 heteroatoms. The molecule has 6 nitrogen and oxygen atoms in total. The molecule has 0 spiro atoms. The van der Waals surface area contributed by atoms with E-state index in [1.54, 1.807) is 5.32 Å². The molecule has 1 atom stereocenters. The number of nitrogens with two attached hydrogens (primary N) is 1. The van der Waals surface area contributed by atoms with Crippen LogP contribution in [0.2, 0.25) is 0 Å². The van der Waals surface area contributed by atoms with Crippen LogP contribution in [0.25, 0.3) is 0 Å². The number of aliphatic hydroxyl groups is 1. The highest BCUT2D eigenvalue weighted by molar-refractivity contribution is 5.95. The zero-order valence-electron chi connectivity index (χ0n) is 5.42. The molecule has 10 heavy (non-hydrogen) atoms. The number of imide groups is 1. The number of rotatable bonds is 1. The largest absolute Gasteiger partial charge is 0.412 e. The average molecular weight is 150 g/mol. The molecule has 1 unspecified atom stereocenters. The van der Waals surface area contributed by atoms with Crippen LogP contribution < -0.4 is 11.1 Å². The Kier molecular flexibility index (Phi) is 5.48. The van der Waals surface area contributed by atoms with Gasteiger partial charge in [0.25, 0.3) is 5.91 Å². The number of hydrogen-bond donors (Lipinski definition) is 3. The van der Waals surface area contributed by atoms with Crippen molar-refractivity contribution < 1.29 is 20.2 Å². The Labute approximate surface area is 57.3 Å². The summed E-state index contributed by atoms with van der Waals surface area (Å²) in [5, 5.41) is 10.1. The molecule has 0 rings (SSSR count). The van der Waals surface area contributed by atoms with Crippen molar-refractivity contribution in [2.45, 2.75) is 13.0 Å². The van der Waals surface area contributed by atoms with E-state index >= 15 is 0 Å². The summed E-state index contributed by atoms with van der Waals surface area (Å²) in [6.45, 7) is 1.23. The molecular formula is C4H10N2O4. The molecule has 0 aliphatic rings. The number of hydrogen-bond acceptors (Lipinski definition) is 3. The normalized spacial score (nSPS) is 11.0. The van der Waals surface area contributed by atoms with Gasteiger partial charge in [-0.1, -0.05) is 0 Å². The minimum absolute atomic E-state index is 0. The number of amides is 3. The number of primary amides is 1. The quantitative estimate of drug-likeness (QED) is 0.390. The lowest BCUT2D eigenvalue weighted by molar-refractivity contribution is -0.127. The van der Waals surface area contributed by atoms with Gasteiger partial charge < -0.3 is 16.3 Å². The minimum atomic E-state index is -1.20. The average Bonchev–Trinajstić information content (AvgIpc) is 1.63. The molecule has 0 saturated heterocycles. The molecule has 3 amide bonds. The number of urea groups is 1. The van der Waals surface area contributed by atoms with Crippen LogP contribution in [0.15, 0.2) is 0 Å². The van der Waals surface area contributed by atoms with Crippen molar-refractivity contribution in [3.63, 3.8) is 0 Å². The number of aliphatic hydroxyl groups excluding tert-OH is 1. The number of carbonyl (C=O) groups is 2. The van der Waals surface area contributed by atoms with E-state index in [2.05, 4.69) is 5.73 Å². The fourth-order valence-corrected chi connectivity index (χ4v) is 0.226. The van der Waals surface area contributed by atoms with Crippen LogP contribution in [0.3, 0.4) is 0 Å². The van der Waals surface area contributed by atoms with E-state index in [1.807, 2.05) is 0 Å². The molecule has 0 aromatic heterocycles. The van der Waals surface area contributed by atoms with Gasteiger partial charge in [0.2, 0.25) is 0 Å². The highest BCUT2D eigenvalue weighted by atomic mass is 16.3. The van der Waals surface area contributed by atoms with E-state index in [1.165, 1.54) is 6.92 Å². The molecule has 0 saturated carbocycles. The summed E-state index contributed by atoms with van der Waals surface area (Å²) in [5.41, 5.74) is 4.55. The molecule has 0 aliphatic carbocycles. The van der Waals surface area contributed by atoms with Crippen molar-refractivity contribution in [1.29, 1.82) is 0 Å². The fourth-order valence-electron chi connectivity index (χ4n) is 0.226. The Morgan fingerprint density at radius 3 is 2.10 bits per heavy atom.